The van der Waals surface area contributed by atoms with E-state index in [1.807, 2.05) is 0 Å². The van der Waals surface area contributed by atoms with E-state index in [2.05, 4.69) is 6.92 Å². The van der Waals surface area contributed by atoms with Gasteiger partial charge < -0.3 is 4.74 Å². The van der Waals surface area contributed by atoms with E-state index in [1.165, 1.54) is 12.8 Å². The number of hydrogen-bond donors (Lipinski definition) is 0. The average Bonchev–Trinajstić information content (AvgIpc) is 1.61. The molecule has 0 radical (unpaired) electrons. The molecule has 0 aliphatic heterocycles. The van der Waals surface area contributed by atoms with Gasteiger partial charge in [-0.25, -0.2) is 0 Å². The largest absolute Gasteiger partial charge is 0.385 e. The molecule has 0 atom stereocenters. The molecule has 0 spiro atoms. The van der Waals surface area contributed by atoms with E-state index in [4.69, 9.17) is 4.74 Å². The highest BCUT2D eigenvalue weighted by Crippen LogP contribution is 1.83. The summed E-state index contributed by atoms with van der Waals surface area (Å²) in [5, 5.41) is 0. The van der Waals surface area contributed by atoms with E-state index in [1.54, 1.807) is 7.11 Å². The molecule has 0 fully saturated rings. The van der Waals surface area contributed by atoms with Crippen LogP contribution in [0.4, 0.5) is 0 Å². The highest BCUT2D eigenvalue weighted by molar-refractivity contribution is 4.26. The van der Waals surface area contributed by atoms with Crippen LogP contribution in [0.1, 0.15) is 34.6 Å². The van der Waals surface area contributed by atoms with Crippen LogP contribution in [0.25, 0.3) is 0 Å². The van der Waals surface area contributed by atoms with Crippen LogP contribution in [0, 0.1) is 0 Å². The second-order valence-electron chi connectivity index (χ2n) is 1.35. The third-order valence-corrected chi connectivity index (χ3v) is 0.702. The van der Waals surface area contributed by atoms with Crippen LogP contribution in [0.5, 0.6) is 0 Å². The summed E-state index contributed by atoms with van der Waals surface area (Å²) < 4.78 is 4.78. The Morgan fingerprint density at radius 1 is 1.25 bits per heavy atom. The summed E-state index contributed by atoms with van der Waals surface area (Å²) in [4.78, 5) is 0. The Labute approximate surface area is 54.1 Å². The molecule has 0 saturated heterocycles. The van der Waals surface area contributed by atoms with Crippen molar-refractivity contribution in [3.8, 4) is 0 Å². The number of ether oxygens (including phenoxy) is 1. The Morgan fingerprint density at radius 3 is 1.88 bits per heavy atom. The molecule has 0 aromatic heterocycles. The van der Waals surface area contributed by atoms with Gasteiger partial charge in [0, 0.05) is 13.7 Å². The van der Waals surface area contributed by atoms with Crippen molar-refractivity contribution in [3.63, 3.8) is 0 Å². The second-order valence-corrected chi connectivity index (χ2v) is 1.35. The third-order valence-electron chi connectivity index (χ3n) is 0.702. The smallest absolute Gasteiger partial charge is 0.0462 e. The molecule has 1 heteroatoms. The summed E-state index contributed by atoms with van der Waals surface area (Å²) >= 11 is 0. The Kier molecular flexibility index (Phi) is 30.9. The van der Waals surface area contributed by atoms with Gasteiger partial charge in [0.15, 0.2) is 0 Å². The molecule has 54 valence electrons. The van der Waals surface area contributed by atoms with Gasteiger partial charge in [0.05, 0.1) is 0 Å². The normalized spacial score (nSPS) is 6.75. The first-order valence-electron chi connectivity index (χ1n) is 2.40. The minimum Gasteiger partial charge on any atom is -0.385 e. The van der Waals surface area contributed by atoms with Crippen molar-refractivity contribution < 1.29 is 4.74 Å². The van der Waals surface area contributed by atoms with Crippen LogP contribution >= 0.6 is 0 Å². The quantitative estimate of drug-likeness (QED) is 0.520. The van der Waals surface area contributed by atoms with E-state index in [9.17, 15) is 0 Å². The maximum Gasteiger partial charge on any atom is 0.0462 e. The molecule has 0 aromatic carbocycles. The molecule has 0 aromatic rings. The number of hydrogen-bond acceptors (Lipinski definition) is 1. The van der Waals surface area contributed by atoms with Gasteiger partial charge in [0.1, 0.15) is 0 Å². The van der Waals surface area contributed by atoms with Crippen molar-refractivity contribution in [1.29, 1.82) is 0 Å². The topological polar surface area (TPSA) is 9.23 Å². The maximum atomic E-state index is 4.78. The van der Waals surface area contributed by atoms with Crippen LogP contribution in [0.3, 0.4) is 0 Å². The molecular weight excluding hydrogens is 100 g/mol. The van der Waals surface area contributed by atoms with E-state index >= 15 is 0 Å². The van der Waals surface area contributed by atoms with E-state index in [0.29, 0.717) is 0 Å². The first-order chi connectivity index (χ1) is 2.91. The lowest BCUT2D eigenvalue weighted by molar-refractivity contribution is 0.194. The third kappa shape index (κ3) is 16.7. The Hall–Kier alpha value is -0.0400. The summed E-state index contributed by atoms with van der Waals surface area (Å²) in [5.41, 5.74) is 0. The van der Waals surface area contributed by atoms with Crippen molar-refractivity contribution in [2.75, 3.05) is 13.7 Å². The molecule has 0 amide bonds. The van der Waals surface area contributed by atoms with Crippen LogP contribution in [-0.2, 0) is 4.74 Å². The minimum atomic E-state index is 0. The number of rotatable bonds is 3. The predicted octanol–water partition coefficient (Wildman–Crippen LogP) is 2.71. The lowest BCUT2D eigenvalue weighted by atomic mass is 10.4. The summed E-state index contributed by atoms with van der Waals surface area (Å²) in [6.45, 7) is 3.07. The fourth-order valence-electron chi connectivity index (χ4n) is 0.289. The minimum absolute atomic E-state index is 0. The van der Waals surface area contributed by atoms with Crippen molar-refractivity contribution in [2.24, 2.45) is 0 Å². The van der Waals surface area contributed by atoms with Gasteiger partial charge in [-0.2, -0.15) is 0 Å². The van der Waals surface area contributed by atoms with Gasteiger partial charge in [0.25, 0.3) is 0 Å². The number of unbranched alkanes of at least 4 members (excludes halogenated alkanes) is 1. The van der Waals surface area contributed by atoms with Crippen LogP contribution < -0.4 is 0 Å². The van der Waals surface area contributed by atoms with Crippen molar-refractivity contribution in [1.82, 2.24) is 0 Å². The highest BCUT2D eigenvalue weighted by Gasteiger charge is 1.74. The van der Waals surface area contributed by atoms with Crippen LogP contribution in [0.2, 0.25) is 0 Å². The molecule has 8 heavy (non-hydrogen) atoms. The predicted molar refractivity (Wildman–Crippen MR) is 40.2 cm³/mol. The summed E-state index contributed by atoms with van der Waals surface area (Å²) in [6, 6.07) is 0. The van der Waals surface area contributed by atoms with Gasteiger partial charge in [-0.05, 0) is 6.42 Å². The second kappa shape index (κ2) is 15.8. The summed E-state index contributed by atoms with van der Waals surface area (Å²) in [5.74, 6) is 0. The van der Waals surface area contributed by atoms with Gasteiger partial charge >= 0.3 is 0 Å². The van der Waals surface area contributed by atoms with E-state index < -0.39 is 0 Å². The van der Waals surface area contributed by atoms with Crippen molar-refractivity contribution >= 4 is 0 Å². The first-order valence-corrected chi connectivity index (χ1v) is 2.40. The first kappa shape index (κ1) is 15.7. The molecular formula is C7H20O. The van der Waals surface area contributed by atoms with E-state index in [0.717, 1.165) is 6.61 Å². The molecule has 0 unspecified atom stereocenters. The van der Waals surface area contributed by atoms with Gasteiger partial charge in [-0.3, -0.25) is 0 Å². The standard InChI is InChI=1S/C5H12O.2CH4/c1-3-4-5-6-2;;/h3-5H2,1-2H3;2*1H4. The zero-order valence-electron chi connectivity index (χ0n) is 4.53. The van der Waals surface area contributed by atoms with Gasteiger partial charge in [-0.1, -0.05) is 28.2 Å². The highest BCUT2D eigenvalue weighted by atomic mass is 16.5. The molecule has 0 aliphatic carbocycles. The molecule has 0 aliphatic rings. The SMILES string of the molecule is C.C.CCCCOC. The van der Waals surface area contributed by atoms with Gasteiger partial charge in [-0.15, -0.1) is 0 Å². The Bertz CT molecular complexity index is 16.3. The lowest BCUT2D eigenvalue weighted by Crippen LogP contribution is -1.84. The van der Waals surface area contributed by atoms with Crippen molar-refractivity contribution in [3.05, 3.63) is 0 Å². The zero-order valence-corrected chi connectivity index (χ0v) is 4.53. The van der Waals surface area contributed by atoms with Gasteiger partial charge in [0.2, 0.25) is 0 Å². The van der Waals surface area contributed by atoms with Crippen molar-refractivity contribution in [2.45, 2.75) is 34.6 Å². The molecule has 0 saturated carbocycles. The lowest BCUT2D eigenvalue weighted by Gasteiger charge is -1.89. The Morgan fingerprint density at radius 2 is 1.75 bits per heavy atom. The fourth-order valence-corrected chi connectivity index (χ4v) is 0.289. The van der Waals surface area contributed by atoms with Crippen LogP contribution in [0.15, 0.2) is 0 Å². The Balaban J connectivity index is -0.000000125. The molecule has 0 heterocycles. The average molecular weight is 120 g/mol. The molecule has 0 bridgehead atoms. The number of methoxy groups -OCH3 is 1. The van der Waals surface area contributed by atoms with Crippen LogP contribution in [-0.4, -0.2) is 13.7 Å². The zero-order chi connectivity index (χ0) is 4.83. The summed E-state index contributed by atoms with van der Waals surface area (Å²) in [6.07, 6.45) is 2.42. The monoisotopic (exact) mass is 120 g/mol. The molecule has 1 nitrogen and oxygen atoms in total. The molecule has 0 N–H and O–H groups in total. The summed E-state index contributed by atoms with van der Waals surface area (Å²) in [7, 11) is 1.73. The maximum absolute atomic E-state index is 4.78. The van der Waals surface area contributed by atoms with E-state index in [-0.39, 0.29) is 14.9 Å². The fraction of sp³-hybridized carbons (Fsp3) is 1.00. The molecule has 0 rings (SSSR count).